The molecule has 3 rings (SSSR count). The largest absolute Gasteiger partial charge is 0.302 e. The summed E-state index contributed by atoms with van der Waals surface area (Å²) in [5, 5.41) is 6.79. The molecule has 0 aliphatic heterocycles. The summed E-state index contributed by atoms with van der Waals surface area (Å²) < 4.78 is 0. The average Bonchev–Trinajstić information content (AvgIpc) is 3.00. The predicted molar refractivity (Wildman–Crippen MR) is 101 cm³/mol. The zero-order valence-electron chi connectivity index (χ0n) is 12.2. The Kier molecular flexibility index (Phi) is 5.41. The fourth-order valence-electron chi connectivity index (χ4n) is 2.08. The number of amides is 1. The van der Waals surface area contributed by atoms with Crippen molar-refractivity contribution in [1.82, 2.24) is 4.98 Å². The molecule has 0 aliphatic carbocycles. The minimum Gasteiger partial charge on any atom is -0.302 e. The molecule has 0 radical (unpaired) electrons. The molecule has 1 aromatic heterocycles. The van der Waals surface area contributed by atoms with Crippen molar-refractivity contribution in [2.45, 2.75) is 6.42 Å². The minimum absolute atomic E-state index is 0.162. The molecule has 1 heterocycles. The van der Waals surface area contributed by atoms with Gasteiger partial charge in [0.05, 0.1) is 22.2 Å². The van der Waals surface area contributed by atoms with Crippen LogP contribution >= 0.6 is 46.1 Å². The normalized spacial score (nSPS) is 10.6. The first-order valence-corrected chi connectivity index (χ1v) is 8.98. The van der Waals surface area contributed by atoms with Crippen molar-refractivity contribution in [3.05, 3.63) is 68.5 Å². The maximum absolute atomic E-state index is 12.1. The lowest BCUT2D eigenvalue weighted by Gasteiger charge is -2.03. The van der Waals surface area contributed by atoms with E-state index in [9.17, 15) is 4.79 Å². The van der Waals surface area contributed by atoms with Crippen LogP contribution in [0.25, 0.3) is 11.3 Å². The SMILES string of the molecule is O=C(Cc1ccc(Cl)c(Cl)c1)Nc1nc(-c2ccc(Cl)cc2)cs1. The van der Waals surface area contributed by atoms with Crippen LogP contribution in [-0.4, -0.2) is 10.9 Å². The van der Waals surface area contributed by atoms with E-state index in [-0.39, 0.29) is 12.3 Å². The van der Waals surface area contributed by atoms with Gasteiger partial charge in [0.2, 0.25) is 5.91 Å². The minimum atomic E-state index is -0.162. The zero-order valence-corrected chi connectivity index (χ0v) is 15.3. The van der Waals surface area contributed by atoms with Gasteiger partial charge < -0.3 is 5.32 Å². The van der Waals surface area contributed by atoms with Crippen LogP contribution in [0.2, 0.25) is 15.1 Å². The third-order valence-corrected chi connectivity index (χ3v) is 4.99. The molecule has 7 heteroatoms. The second-order valence-corrected chi connectivity index (χ2v) is 7.13. The van der Waals surface area contributed by atoms with Crippen molar-refractivity contribution in [1.29, 1.82) is 0 Å². The lowest BCUT2D eigenvalue weighted by Crippen LogP contribution is -2.14. The Labute approximate surface area is 158 Å². The van der Waals surface area contributed by atoms with E-state index in [4.69, 9.17) is 34.8 Å². The summed E-state index contributed by atoms with van der Waals surface area (Å²) in [5.74, 6) is -0.162. The number of anilines is 1. The van der Waals surface area contributed by atoms with Crippen LogP contribution in [0.1, 0.15) is 5.56 Å². The number of halogens is 3. The van der Waals surface area contributed by atoms with Crippen molar-refractivity contribution in [2.75, 3.05) is 5.32 Å². The predicted octanol–water partition coefficient (Wildman–Crippen LogP) is 5.95. The lowest BCUT2D eigenvalue weighted by atomic mass is 10.1. The van der Waals surface area contributed by atoms with Gasteiger partial charge >= 0.3 is 0 Å². The summed E-state index contributed by atoms with van der Waals surface area (Å²) in [4.78, 5) is 16.6. The van der Waals surface area contributed by atoms with Crippen molar-refractivity contribution in [3.63, 3.8) is 0 Å². The summed E-state index contributed by atoms with van der Waals surface area (Å²) in [6, 6.07) is 12.5. The number of nitrogens with zero attached hydrogens (tertiary/aromatic N) is 1. The number of hydrogen-bond donors (Lipinski definition) is 1. The maximum Gasteiger partial charge on any atom is 0.230 e. The van der Waals surface area contributed by atoms with Gasteiger partial charge in [0.15, 0.2) is 5.13 Å². The number of hydrogen-bond acceptors (Lipinski definition) is 3. The van der Waals surface area contributed by atoms with E-state index < -0.39 is 0 Å². The molecule has 1 N–H and O–H groups in total. The van der Waals surface area contributed by atoms with Crippen LogP contribution in [0.3, 0.4) is 0 Å². The van der Waals surface area contributed by atoms with Crippen LogP contribution in [0.4, 0.5) is 5.13 Å². The molecular weight excluding hydrogens is 387 g/mol. The third kappa shape index (κ3) is 4.28. The first-order chi connectivity index (χ1) is 11.5. The number of benzene rings is 2. The van der Waals surface area contributed by atoms with E-state index in [1.165, 1.54) is 11.3 Å². The molecule has 3 aromatic rings. The second-order valence-electron chi connectivity index (χ2n) is 5.02. The van der Waals surface area contributed by atoms with Crippen LogP contribution in [0.15, 0.2) is 47.8 Å². The van der Waals surface area contributed by atoms with Gasteiger partial charge in [-0.15, -0.1) is 11.3 Å². The van der Waals surface area contributed by atoms with E-state index in [2.05, 4.69) is 10.3 Å². The van der Waals surface area contributed by atoms with Gasteiger partial charge in [-0.2, -0.15) is 0 Å². The van der Waals surface area contributed by atoms with Gasteiger partial charge in [0, 0.05) is 16.0 Å². The number of carbonyl (C=O) groups excluding carboxylic acids is 1. The molecule has 0 fully saturated rings. The molecule has 0 bridgehead atoms. The molecule has 1 amide bonds. The van der Waals surface area contributed by atoms with E-state index in [0.29, 0.717) is 20.2 Å². The first kappa shape index (κ1) is 17.2. The van der Waals surface area contributed by atoms with E-state index >= 15 is 0 Å². The summed E-state index contributed by atoms with van der Waals surface area (Å²) in [6.45, 7) is 0. The number of aromatic nitrogens is 1. The number of rotatable bonds is 4. The summed E-state index contributed by atoms with van der Waals surface area (Å²) in [5.41, 5.74) is 2.53. The molecule has 0 saturated carbocycles. The highest BCUT2D eigenvalue weighted by molar-refractivity contribution is 7.14. The van der Waals surface area contributed by atoms with Gasteiger partial charge in [-0.1, -0.05) is 53.0 Å². The van der Waals surface area contributed by atoms with Crippen LogP contribution < -0.4 is 5.32 Å². The first-order valence-electron chi connectivity index (χ1n) is 6.96. The smallest absolute Gasteiger partial charge is 0.230 e. The lowest BCUT2D eigenvalue weighted by molar-refractivity contribution is -0.115. The maximum atomic E-state index is 12.1. The van der Waals surface area contributed by atoms with Crippen LogP contribution in [-0.2, 0) is 11.2 Å². The Morgan fingerprint density at radius 2 is 1.79 bits per heavy atom. The highest BCUT2D eigenvalue weighted by Gasteiger charge is 2.10. The van der Waals surface area contributed by atoms with Gasteiger partial charge in [-0.05, 0) is 29.8 Å². The Bertz CT molecular complexity index is 878. The molecule has 2 aromatic carbocycles. The van der Waals surface area contributed by atoms with Crippen molar-refractivity contribution in [2.24, 2.45) is 0 Å². The van der Waals surface area contributed by atoms with Gasteiger partial charge in [-0.3, -0.25) is 4.79 Å². The topological polar surface area (TPSA) is 42.0 Å². The average molecular weight is 398 g/mol. The quantitative estimate of drug-likeness (QED) is 0.591. The Hall–Kier alpha value is -1.59. The molecule has 0 atom stereocenters. The molecule has 122 valence electrons. The number of carbonyl (C=O) groups is 1. The summed E-state index contributed by atoms with van der Waals surface area (Å²) >= 11 is 19.1. The Morgan fingerprint density at radius 1 is 1.04 bits per heavy atom. The van der Waals surface area contributed by atoms with Gasteiger partial charge in [0.1, 0.15) is 0 Å². The third-order valence-electron chi connectivity index (χ3n) is 3.24. The molecule has 24 heavy (non-hydrogen) atoms. The summed E-state index contributed by atoms with van der Waals surface area (Å²) in [6.07, 6.45) is 0.201. The fraction of sp³-hybridized carbons (Fsp3) is 0.0588. The van der Waals surface area contributed by atoms with Crippen molar-refractivity contribution in [3.8, 4) is 11.3 Å². The van der Waals surface area contributed by atoms with Crippen molar-refractivity contribution >= 4 is 57.2 Å². The van der Waals surface area contributed by atoms with Gasteiger partial charge in [0.25, 0.3) is 0 Å². The van der Waals surface area contributed by atoms with Gasteiger partial charge in [-0.25, -0.2) is 4.98 Å². The Balaban J connectivity index is 1.66. The molecule has 0 unspecified atom stereocenters. The number of nitrogens with one attached hydrogen (secondary N) is 1. The summed E-state index contributed by atoms with van der Waals surface area (Å²) in [7, 11) is 0. The van der Waals surface area contributed by atoms with E-state index in [1.54, 1.807) is 30.3 Å². The molecule has 0 spiro atoms. The Morgan fingerprint density at radius 3 is 2.50 bits per heavy atom. The monoisotopic (exact) mass is 396 g/mol. The standard InChI is InChI=1S/C17H11Cl3N2OS/c18-12-4-2-11(3-5-12)15-9-24-17(21-15)22-16(23)8-10-1-6-13(19)14(20)7-10/h1-7,9H,8H2,(H,21,22,23). The second kappa shape index (κ2) is 7.53. The molecule has 0 aliphatic rings. The zero-order chi connectivity index (χ0) is 17.1. The molecule has 3 nitrogen and oxygen atoms in total. The number of thiazole rings is 1. The van der Waals surface area contributed by atoms with Crippen LogP contribution in [0.5, 0.6) is 0 Å². The van der Waals surface area contributed by atoms with E-state index in [0.717, 1.165) is 16.8 Å². The fourth-order valence-corrected chi connectivity index (χ4v) is 3.27. The van der Waals surface area contributed by atoms with Crippen molar-refractivity contribution < 1.29 is 4.79 Å². The highest BCUT2D eigenvalue weighted by atomic mass is 35.5. The van der Waals surface area contributed by atoms with Crippen LogP contribution in [0, 0.1) is 0 Å². The highest BCUT2D eigenvalue weighted by Crippen LogP contribution is 2.26. The molecule has 0 saturated heterocycles. The van der Waals surface area contributed by atoms with E-state index in [1.807, 2.05) is 17.5 Å². The molecular formula is C17H11Cl3N2OS.